The van der Waals surface area contributed by atoms with Crippen molar-refractivity contribution in [2.75, 3.05) is 26.2 Å². The zero-order valence-corrected chi connectivity index (χ0v) is 24.3. The lowest BCUT2D eigenvalue weighted by atomic mass is 9.74. The average Bonchev–Trinajstić information content (AvgIpc) is 3.18. The van der Waals surface area contributed by atoms with Gasteiger partial charge in [-0.2, -0.15) is 0 Å². The number of hydrogen-bond donors (Lipinski definition) is 1. The summed E-state index contributed by atoms with van der Waals surface area (Å²) in [4.78, 5) is 48.6. The van der Waals surface area contributed by atoms with E-state index in [2.05, 4.69) is 26.0 Å². The molecule has 5 rings (SSSR count). The van der Waals surface area contributed by atoms with E-state index in [9.17, 15) is 19.5 Å². The highest BCUT2D eigenvalue weighted by Gasteiger charge is 2.74. The van der Waals surface area contributed by atoms with Crippen LogP contribution in [0.5, 0.6) is 0 Å². The van der Waals surface area contributed by atoms with Gasteiger partial charge in [-0.05, 0) is 24.8 Å². The van der Waals surface area contributed by atoms with Gasteiger partial charge in [0.05, 0.1) is 29.2 Å². The van der Waals surface area contributed by atoms with Crippen LogP contribution in [0.15, 0.2) is 54.6 Å². The van der Waals surface area contributed by atoms with E-state index < -0.39 is 33.4 Å². The van der Waals surface area contributed by atoms with Crippen LogP contribution in [0, 0.1) is 17.8 Å². The molecule has 1 unspecified atom stereocenters. The molecular weight excluding hydrogens is 510 g/mol. The molecule has 7 nitrogen and oxygen atoms in total. The van der Waals surface area contributed by atoms with E-state index in [1.165, 1.54) is 0 Å². The van der Waals surface area contributed by atoms with Crippen LogP contribution >= 0.6 is 11.8 Å². The molecule has 4 aliphatic heterocycles. The number of likely N-dealkylation sites (tertiary alicyclic amines) is 1. The smallest absolute Gasteiger partial charge is 0.247 e. The van der Waals surface area contributed by atoms with Crippen molar-refractivity contribution in [3.63, 3.8) is 0 Å². The second-order valence-corrected chi connectivity index (χ2v) is 13.7. The third-order valence-corrected chi connectivity index (χ3v) is 10.8. The SMILES string of the molecule is CCCCN1CC=C[C@]23S[C@@]4(C)C=CCN(Cc5ccccc5)C(=O)[C@H]4[C@H]2C(=O)N([C@@H](CO)C(C)C)C3C1=O. The Kier molecular flexibility index (Phi) is 7.72. The van der Waals surface area contributed by atoms with Gasteiger partial charge in [0.2, 0.25) is 17.7 Å². The van der Waals surface area contributed by atoms with Crippen molar-refractivity contribution in [1.82, 2.24) is 14.7 Å². The van der Waals surface area contributed by atoms with Gasteiger partial charge >= 0.3 is 0 Å². The molecule has 4 aliphatic rings. The van der Waals surface area contributed by atoms with Crippen LogP contribution in [-0.2, 0) is 20.9 Å². The fraction of sp³-hybridized carbons (Fsp3) is 0.581. The summed E-state index contributed by atoms with van der Waals surface area (Å²) in [7, 11) is 0. The summed E-state index contributed by atoms with van der Waals surface area (Å²) in [5.41, 5.74) is 1.04. The first-order chi connectivity index (χ1) is 18.7. The minimum atomic E-state index is -0.882. The molecule has 0 aromatic heterocycles. The van der Waals surface area contributed by atoms with Gasteiger partial charge in [-0.15, -0.1) is 11.8 Å². The Labute approximate surface area is 236 Å². The first-order valence-electron chi connectivity index (χ1n) is 14.3. The minimum absolute atomic E-state index is 0.0466. The number of thioether (sulfide) groups is 1. The van der Waals surface area contributed by atoms with Crippen molar-refractivity contribution in [3.8, 4) is 0 Å². The van der Waals surface area contributed by atoms with Gasteiger partial charge in [0.15, 0.2) is 0 Å². The Balaban J connectivity index is 1.60. The normalized spacial score (nSPS) is 32.8. The average molecular weight is 552 g/mol. The molecule has 210 valence electrons. The molecule has 2 fully saturated rings. The van der Waals surface area contributed by atoms with Crippen molar-refractivity contribution in [2.24, 2.45) is 17.8 Å². The predicted molar refractivity (Wildman–Crippen MR) is 154 cm³/mol. The van der Waals surface area contributed by atoms with E-state index >= 15 is 0 Å². The molecule has 6 atom stereocenters. The predicted octanol–water partition coefficient (Wildman–Crippen LogP) is 3.49. The second kappa shape index (κ2) is 10.8. The summed E-state index contributed by atoms with van der Waals surface area (Å²) in [5.74, 6) is -1.66. The zero-order valence-electron chi connectivity index (χ0n) is 23.5. The number of carbonyl (C=O) groups is 3. The Morgan fingerprint density at radius 1 is 0.974 bits per heavy atom. The number of unbranched alkanes of at least 4 members (excludes halogenated alkanes) is 1. The summed E-state index contributed by atoms with van der Waals surface area (Å²) in [6.45, 7) is 9.92. The monoisotopic (exact) mass is 551 g/mol. The van der Waals surface area contributed by atoms with Crippen LogP contribution in [-0.4, -0.2) is 85.3 Å². The maximum atomic E-state index is 14.6. The minimum Gasteiger partial charge on any atom is -0.394 e. The highest BCUT2D eigenvalue weighted by atomic mass is 32.2. The quantitative estimate of drug-likeness (QED) is 0.501. The second-order valence-electron chi connectivity index (χ2n) is 11.9. The molecule has 1 N–H and O–H groups in total. The lowest BCUT2D eigenvalue weighted by Crippen LogP contribution is -2.58. The summed E-state index contributed by atoms with van der Waals surface area (Å²) in [5, 5.41) is 10.4. The first-order valence-corrected chi connectivity index (χ1v) is 15.1. The molecule has 0 saturated carbocycles. The zero-order chi connectivity index (χ0) is 27.9. The standard InChI is InChI=1S/C31H41N3O4S/c1-5-6-16-32-17-11-15-31-25(28(37)34(26(31)29(32)38)23(20-35)21(2)3)24-27(36)33(18-10-14-30(24,4)39-31)19-22-12-8-7-9-13-22/h7-15,21,23-26,35H,5-6,16-20H2,1-4H3/t23-,24+,25-,26?,30-,31-/m0/s1. The van der Waals surface area contributed by atoms with Crippen LogP contribution < -0.4 is 0 Å². The third kappa shape index (κ3) is 4.53. The number of hydrogen-bond acceptors (Lipinski definition) is 5. The highest BCUT2D eigenvalue weighted by molar-refractivity contribution is 8.02. The Bertz CT molecular complexity index is 1170. The largest absolute Gasteiger partial charge is 0.394 e. The van der Waals surface area contributed by atoms with Gasteiger partial charge in [0, 0.05) is 30.9 Å². The number of nitrogens with zero attached hydrogens (tertiary/aromatic N) is 3. The number of fused-ring (bicyclic) bond motifs is 2. The van der Waals surface area contributed by atoms with Gasteiger partial charge in [0.1, 0.15) is 6.04 Å². The molecule has 1 aromatic carbocycles. The molecule has 4 heterocycles. The number of aliphatic hydroxyl groups is 1. The Morgan fingerprint density at radius 2 is 1.67 bits per heavy atom. The number of carbonyl (C=O) groups excluding carboxylic acids is 3. The molecule has 39 heavy (non-hydrogen) atoms. The van der Waals surface area contributed by atoms with Crippen molar-refractivity contribution < 1.29 is 19.5 Å². The van der Waals surface area contributed by atoms with Crippen LogP contribution in [0.2, 0.25) is 0 Å². The number of rotatable bonds is 8. The van der Waals surface area contributed by atoms with Crippen LogP contribution in [0.25, 0.3) is 0 Å². The highest BCUT2D eigenvalue weighted by Crippen LogP contribution is 2.66. The van der Waals surface area contributed by atoms with E-state index in [-0.39, 0.29) is 30.2 Å². The van der Waals surface area contributed by atoms with Crippen molar-refractivity contribution in [1.29, 1.82) is 0 Å². The molecule has 0 radical (unpaired) electrons. The molecule has 0 bridgehead atoms. The lowest BCUT2D eigenvalue weighted by Gasteiger charge is -2.41. The molecular formula is C31H41N3O4S. The van der Waals surface area contributed by atoms with Crippen molar-refractivity contribution in [3.05, 3.63) is 60.2 Å². The molecule has 1 spiro atoms. The van der Waals surface area contributed by atoms with E-state index in [1.54, 1.807) is 16.7 Å². The number of amides is 3. The molecule has 1 aromatic rings. The lowest BCUT2D eigenvalue weighted by molar-refractivity contribution is -0.148. The van der Waals surface area contributed by atoms with Gasteiger partial charge in [0.25, 0.3) is 0 Å². The van der Waals surface area contributed by atoms with Gasteiger partial charge < -0.3 is 19.8 Å². The van der Waals surface area contributed by atoms with Gasteiger partial charge in [-0.25, -0.2) is 0 Å². The van der Waals surface area contributed by atoms with Crippen LogP contribution in [0.4, 0.5) is 0 Å². The topological polar surface area (TPSA) is 81.2 Å². The molecule has 3 amide bonds. The van der Waals surface area contributed by atoms with Gasteiger partial charge in [-0.3, -0.25) is 14.4 Å². The van der Waals surface area contributed by atoms with Crippen LogP contribution in [0.3, 0.4) is 0 Å². The number of aliphatic hydroxyl groups excluding tert-OH is 1. The molecule has 8 heteroatoms. The summed E-state index contributed by atoms with van der Waals surface area (Å²) in [6.07, 6.45) is 10.1. The number of benzene rings is 1. The van der Waals surface area contributed by atoms with Crippen molar-refractivity contribution >= 4 is 29.5 Å². The third-order valence-electron chi connectivity index (χ3n) is 8.97. The fourth-order valence-electron chi connectivity index (χ4n) is 7.03. The fourth-order valence-corrected chi connectivity index (χ4v) is 9.18. The van der Waals surface area contributed by atoms with Gasteiger partial charge in [-0.1, -0.05) is 81.8 Å². The Morgan fingerprint density at radius 3 is 2.33 bits per heavy atom. The molecule has 0 aliphatic carbocycles. The van der Waals surface area contributed by atoms with E-state index in [1.807, 2.05) is 66.1 Å². The summed E-state index contributed by atoms with van der Waals surface area (Å²) >= 11 is 1.60. The maximum Gasteiger partial charge on any atom is 0.247 e. The Hall–Kier alpha value is -2.58. The summed E-state index contributed by atoms with van der Waals surface area (Å²) < 4.78 is -1.52. The van der Waals surface area contributed by atoms with E-state index in [4.69, 9.17) is 0 Å². The van der Waals surface area contributed by atoms with E-state index in [0.717, 1.165) is 18.4 Å². The van der Waals surface area contributed by atoms with E-state index in [0.29, 0.717) is 26.2 Å². The molecule has 2 saturated heterocycles. The summed E-state index contributed by atoms with van der Waals surface area (Å²) in [6, 6.07) is 8.65. The van der Waals surface area contributed by atoms with Crippen LogP contribution in [0.1, 0.15) is 46.1 Å². The maximum absolute atomic E-state index is 14.6. The first kappa shape index (κ1) is 28.0. The van der Waals surface area contributed by atoms with Crippen molar-refractivity contribution in [2.45, 2.75) is 68.7 Å².